The zero-order valence-electron chi connectivity index (χ0n) is 10.8. The molecule has 0 atom stereocenters. The molecule has 7 heteroatoms. The van der Waals surface area contributed by atoms with E-state index >= 15 is 0 Å². The van der Waals surface area contributed by atoms with Gasteiger partial charge in [0, 0.05) is 11.2 Å². The SMILES string of the molecule is O=C(NCc1ccccn1)C(=O)Nc1cc(Cl)ccc1Cl. The van der Waals surface area contributed by atoms with Crippen molar-refractivity contribution in [3.63, 3.8) is 0 Å². The Morgan fingerprint density at radius 2 is 1.90 bits per heavy atom. The standard InChI is InChI=1S/C14H11Cl2N3O2/c15-9-4-5-11(16)12(7-9)19-14(21)13(20)18-8-10-3-1-2-6-17-10/h1-7H,8H2,(H,18,20)(H,19,21). The lowest BCUT2D eigenvalue weighted by molar-refractivity contribution is -0.136. The first-order chi connectivity index (χ1) is 10.1. The Kier molecular flexibility index (Phi) is 5.14. The van der Waals surface area contributed by atoms with Crippen molar-refractivity contribution in [1.29, 1.82) is 0 Å². The van der Waals surface area contributed by atoms with Gasteiger partial charge in [0.2, 0.25) is 0 Å². The van der Waals surface area contributed by atoms with E-state index in [0.717, 1.165) is 0 Å². The van der Waals surface area contributed by atoms with Gasteiger partial charge >= 0.3 is 11.8 Å². The second-order valence-electron chi connectivity index (χ2n) is 4.08. The summed E-state index contributed by atoms with van der Waals surface area (Å²) in [6.07, 6.45) is 1.60. The molecule has 2 amide bonds. The predicted molar refractivity (Wildman–Crippen MR) is 81.2 cm³/mol. The van der Waals surface area contributed by atoms with Gasteiger partial charge < -0.3 is 10.6 Å². The minimum atomic E-state index is -0.824. The van der Waals surface area contributed by atoms with Crippen LogP contribution in [0.15, 0.2) is 42.6 Å². The van der Waals surface area contributed by atoms with Crippen molar-refractivity contribution in [3.8, 4) is 0 Å². The maximum atomic E-state index is 11.8. The van der Waals surface area contributed by atoms with E-state index in [0.29, 0.717) is 15.7 Å². The number of halogens is 2. The number of hydrogen-bond donors (Lipinski definition) is 2. The molecule has 5 nitrogen and oxygen atoms in total. The zero-order valence-corrected chi connectivity index (χ0v) is 12.3. The molecule has 0 unspecified atom stereocenters. The molecule has 0 aliphatic carbocycles. The van der Waals surface area contributed by atoms with Crippen LogP contribution in [0.5, 0.6) is 0 Å². The Bertz CT molecular complexity index is 663. The maximum Gasteiger partial charge on any atom is 0.313 e. The minimum Gasteiger partial charge on any atom is -0.342 e. The number of anilines is 1. The van der Waals surface area contributed by atoms with E-state index in [1.807, 2.05) is 0 Å². The Morgan fingerprint density at radius 3 is 2.62 bits per heavy atom. The molecule has 0 bridgehead atoms. The number of carbonyl (C=O) groups is 2. The monoisotopic (exact) mass is 323 g/mol. The van der Waals surface area contributed by atoms with Gasteiger partial charge in [0.25, 0.3) is 0 Å². The van der Waals surface area contributed by atoms with Crippen molar-refractivity contribution >= 4 is 40.7 Å². The van der Waals surface area contributed by atoms with Crippen molar-refractivity contribution < 1.29 is 9.59 Å². The van der Waals surface area contributed by atoms with Crippen molar-refractivity contribution in [1.82, 2.24) is 10.3 Å². The largest absolute Gasteiger partial charge is 0.342 e. The van der Waals surface area contributed by atoms with Crippen LogP contribution in [0.25, 0.3) is 0 Å². The smallest absolute Gasteiger partial charge is 0.313 e. The number of carbonyl (C=O) groups excluding carboxylic acids is 2. The van der Waals surface area contributed by atoms with E-state index in [2.05, 4.69) is 15.6 Å². The third-order valence-corrected chi connectivity index (χ3v) is 3.10. The number of nitrogens with one attached hydrogen (secondary N) is 2. The van der Waals surface area contributed by atoms with Gasteiger partial charge in [-0.1, -0.05) is 29.3 Å². The summed E-state index contributed by atoms with van der Waals surface area (Å²) < 4.78 is 0. The summed E-state index contributed by atoms with van der Waals surface area (Å²) >= 11 is 11.7. The van der Waals surface area contributed by atoms with Gasteiger partial charge in [0.1, 0.15) is 0 Å². The van der Waals surface area contributed by atoms with E-state index in [4.69, 9.17) is 23.2 Å². The van der Waals surface area contributed by atoms with E-state index < -0.39 is 11.8 Å². The molecule has 0 spiro atoms. The second-order valence-corrected chi connectivity index (χ2v) is 4.93. The normalized spacial score (nSPS) is 10.0. The van der Waals surface area contributed by atoms with E-state index in [1.54, 1.807) is 30.5 Å². The third kappa shape index (κ3) is 4.44. The molecule has 0 saturated carbocycles. The van der Waals surface area contributed by atoms with Gasteiger partial charge in [-0.25, -0.2) is 0 Å². The minimum absolute atomic E-state index is 0.163. The summed E-state index contributed by atoms with van der Waals surface area (Å²) in [6.45, 7) is 0.163. The first-order valence-corrected chi connectivity index (χ1v) is 6.76. The molecular formula is C14H11Cl2N3O2. The summed E-state index contributed by atoms with van der Waals surface area (Å²) in [5, 5.41) is 5.57. The van der Waals surface area contributed by atoms with Crippen LogP contribution >= 0.6 is 23.2 Å². The number of hydrogen-bond acceptors (Lipinski definition) is 3. The van der Waals surface area contributed by atoms with Crippen molar-refractivity contribution in [3.05, 3.63) is 58.3 Å². The van der Waals surface area contributed by atoms with E-state index in [1.165, 1.54) is 12.1 Å². The number of pyridine rings is 1. The molecular weight excluding hydrogens is 313 g/mol. The predicted octanol–water partition coefficient (Wildman–Crippen LogP) is 2.64. The molecule has 1 aromatic carbocycles. The van der Waals surface area contributed by atoms with E-state index in [-0.39, 0.29) is 12.2 Å². The summed E-state index contributed by atoms with van der Waals surface area (Å²) in [5.41, 5.74) is 0.932. The maximum absolute atomic E-state index is 11.8. The van der Waals surface area contributed by atoms with Gasteiger partial charge in [-0.2, -0.15) is 0 Å². The Morgan fingerprint density at radius 1 is 1.10 bits per heavy atom. The summed E-state index contributed by atoms with van der Waals surface area (Å²) in [4.78, 5) is 27.5. The number of rotatable bonds is 3. The molecule has 1 heterocycles. The molecule has 108 valence electrons. The molecule has 0 radical (unpaired) electrons. The fourth-order valence-electron chi connectivity index (χ4n) is 1.53. The second kappa shape index (κ2) is 7.06. The number of nitrogens with zero attached hydrogens (tertiary/aromatic N) is 1. The highest BCUT2D eigenvalue weighted by molar-refractivity contribution is 6.42. The number of benzene rings is 1. The highest BCUT2D eigenvalue weighted by Gasteiger charge is 2.15. The fraction of sp³-hybridized carbons (Fsp3) is 0.0714. The van der Waals surface area contributed by atoms with Crippen molar-refractivity contribution in [2.75, 3.05) is 5.32 Å². The van der Waals surface area contributed by atoms with Crippen LogP contribution in [0.2, 0.25) is 10.0 Å². The first kappa shape index (κ1) is 15.3. The van der Waals surface area contributed by atoms with Crippen LogP contribution in [0.1, 0.15) is 5.69 Å². The highest BCUT2D eigenvalue weighted by atomic mass is 35.5. The van der Waals surface area contributed by atoms with Gasteiger partial charge in [0.15, 0.2) is 0 Å². The number of aromatic nitrogens is 1. The lowest BCUT2D eigenvalue weighted by Crippen LogP contribution is -2.35. The molecule has 1 aromatic heterocycles. The third-order valence-electron chi connectivity index (χ3n) is 2.54. The lowest BCUT2D eigenvalue weighted by Gasteiger charge is -2.08. The van der Waals surface area contributed by atoms with Crippen LogP contribution in [-0.2, 0) is 16.1 Å². The molecule has 0 saturated heterocycles. The summed E-state index contributed by atoms with van der Waals surface area (Å²) in [5.74, 6) is -1.60. The van der Waals surface area contributed by atoms with Crippen LogP contribution in [0.3, 0.4) is 0 Å². The molecule has 2 N–H and O–H groups in total. The number of amides is 2. The van der Waals surface area contributed by atoms with Crippen LogP contribution in [0, 0.1) is 0 Å². The topological polar surface area (TPSA) is 71.1 Å². The lowest BCUT2D eigenvalue weighted by atomic mass is 10.3. The van der Waals surface area contributed by atoms with Crippen molar-refractivity contribution in [2.45, 2.75) is 6.54 Å². The Hall–Kier alpha value is -2.11. The molecule has 0 aliphatic heterocycles. The van der Waals surface area contributed by atoms with Gasteiger partial charge in [-0.3, -0.25) is 14.6 Å². The van der Waals surface area contributed by atoms with Gasteiger partial charge in [0.05, 0.1) is 22.9 Å². The highest BCUT2D eigenvalue weighted by Crippen LogP contribution is 2.25. The average Bonchev–Trinajstić information content (AvgIpc) is 2.49. The van der Waals surface area contributed by atoms with Gasteiger partial charge in [-0.05, 0) is 30.3 Å². The summed E-state index contributed by atoms with van der Waals surface area (Å²) in [6, 6.07) is 9.88. The first-order valence-electron chi connectivity index (χ1n) is 6.00. The molecule has 21 heavy (non-hydrogen) atoms. The molecule has 2 rings (SSSR count). The molecule has 0 fully saturated rings. The van der Waals surface area contributed by atoms with Crippen molar-refractivity contribution in [2.24, 2.45) is 0 Å². The fourth-order valence-corrected chi connectivity index (χ4v) is 1.86. The van der Waals surface area contributed by atoms with Crippen LogP contribution < -0.4 is 10.6 Å². The Balaban J connectivity index is 1.94. The quantitative estimate of drug-likeness (QED) is 0.853. The van der Waals surface area contributed by atoms with E-state index in [9.17, 15) is 9.59 Å². The summed E-state index contributed by atoms with van der Waals surface area (Å²) in [7, 11) is 0. The zero-order chi connectivity index (χ0) is 15.2. The average molecular weight is 324 g/mol. The van der Waals surface area contributed by atoms with Gasteiger partial charge in [-0.15, -0.1) is 0 Å². The van der Waals surface area contributed by atoms with Crippen LogP contribution in [0.4, 0.5) is 5.69 Å². The van der Waals surface area contributed by atoms with Crippen LogP contribution in [-0.4, -0.2) is 16.8 Å². The molecule has 2 aromatic rings. The molecule has 0 aliphatic rings. The Labute approximate surface area is 131 Å².